The smallest absolute Gasteiger partial charge is 0.406 e. The highest BCUT2D eigenvalue weighted by Crippen LogP contribution is 2.34. The van der Waals surface area contributed by atoms with Crippen molar-refractivity contribution in [1.82, 2.24) is 14.8 Å². The molecule has 0 saturated carbocycles. The Balaban J connectivity index is 1.36. The number of thiocarbonyl (C=S) groups is 1. The predicted molar refractivity (Wildman–Crippen MR) is 148 cm³/mol. The van der Waals surface area contributed by atoms with Crippen LogP contribution in [0.5, 0.6) is 5.75 Å². The molecule has 0 bridgehead atoms. The van der Waals surface area contributed by atoms with Crippen LogP contribution in [-0.4, -0.2) is 38.8 Å². The first kappa shape index (κ1) is 25.5. The van der Waals surface area contributed by atoms with Crippen molar-refractivity contribution in [2.75, 3.05) is 6.54 Å². The second-order valence-electron chi connectivity index (χ2n) is 8.94. The Hall–Kier alpha value is -4.11. The van der Waals surface area contributed by atoms with Gasteiger partial charge in [-0.3, -0.25) is 14.7 Å². The van der Waals surface area contributed by atoms with Gasteiger partial charge in [0.05, 0.1) is 12.2 Å². The van der Waals surface area contributed by atoms with E-state index < -0.39 is 6.36 Å². The topological polar surface area (TPSA) is 52.3 Å². The van der Waals surface area contributed by atoms with Crippen molar-refractivity contribution in [3.63, 3.8) is 0 Å². The first-order valence-electron chi connectivity index (χ1n) is 11.9. The monoisotopic (exact) mass is 532 g/mol. The largest absolute Gasteiger partial charge is 0.573 e. The number of halogens is 3. The maximum absolute atomic E-state index is 12.5. The SMILES string of the molecule is Cc1cccnc1CC(=S)CN=Cc1ccc2c(ccc3c(-c4ccc(OC(F)(F)F)cc4)n(C)nc32)c1. The normalized spacial score (nSPS) is 12.0. The number of nitrogens with zero attached hydrogens (tertiary/aromatic N) is 4. The summed E-state index contributed by atoms with van der Waals surface area (Å²) in [6.45, 7) is 2.47. The number of rotatable bonds is 7. The van der Waals surface area contributed by atoms with E-state index in [0.29, 0.717) is 13.0 Å². The van der Waals surface area contributed by atoms with Crippen LogP contribution in [0.2, 0.25) is 0 Å². The summed E-state index contributed by atoms with van der Waals surface area (Å²) in [4.78, 5) is 9.75. The first-order chi connectivity index (χ1) is 18.2. The molecule has 0 spiro atoms. The van der Waals surface area contributed by atoms with Crippen LogP contribution in [0.25, 0.3) is 32.9 Å². The van der Waals surface area contributed by atoms with Gasteiger partial charge in [-0.25, -0.2) is 0 Å². The molecule has 0 saturated heterocycles. The lowest BCUT2D eigenvalue weighted by atomic mass is 10.0. The minimum atomic E-state index is -4.73. The van der Waals surface area contributed by atoms with Gasteiger partial charge in [0.25, 0.3) is 0 Å². The number of ether oxygens (including phenoxy) is 1. The number of aryl methyl sites for hydroxylation is 2. The summed E-state index contributed by atoms with van der Waals surface area (Å²) in [5.41, 5.74) is 5.40. The molecule has 5 rings (SSSR count). The van der Waals surface area contributed by atoms with Crippen molar-refractivity contribution in [3.05, 3.63) is 89.7 Å². The molecule has 3 aromatic carbocycles. The Labute approximate surface area is 222 Å². The highest BCUT2D eigenvalue weighted by atomic mass is 32.1. The van der Waals surface area contributed by atoms with Crippen LogP contribution >= 0.6 is 12.2 Å². The molecule has 5 aromatic rings. The van der Waals surface area contributed by atoms with Gasteiger partial charge in [0.1, 0.15) is 11.3 Å². The number of pyridine rings is 1. The maximum Gasteiger partial charge on any atom is 0.573 e. The highest BCUT2D eigenvalue weighted by Gasteiger charge is 2.31. The van der Waals surface area contributed by atoms with Crippen LogP contribution < -0.4 is 4.74 Å². The van der Waals surface area contributed by atoms with Gasteiger partial charge in [-0.05, 0) is 65.9 Å². The van der Waals surface area contributed by atoms with E-state index in [2.05, 4.69) is 14.7 Å². The molecule has 0 unspecified atom stereocenters. The second-order valence-corrected chi connectivity index (χ2v) is 9.52. The molecule has 0 aliphatic carbocycles. The summed E-state index contributed by atoms with van der Waals surface area (Å²) in [5.74, 6) is -0.264. The summed E-state index contributed by atoms with van der Waals surface area (Å²) < 4.78 is 43.3. The van der Waals surface area contributed by atoms with Gasteiger partial charge in [0.2, 0.25) is 0 Å². The van der Waals surface area contributed by atoms with Crippen LogP contribution in [0.3, 0.4) is 0 Å². The van der Waals surface area contributed by atoms with E-state index in [9.17, 15) is 13.2 Å². The Kier molecular flexibility index (Phi) is 6.94. The molecule has 0 aliphatic rings. The van der Waals surface area contributed by atoms with E-state index in [1.165, 1.54) is 12.1 Å². The molecular formula is C29H23F3N4OS. The summed E-state index contributed by atoms with van der Waals surface area (Å²) in [6.07, 6.45) is -0.521. The minimum Gasteiger partial charge on any atom is -0.406 e. The first-order valence-corrected chi connectivity index (χ1v) is 12.3. The molecule has 0 N–H and O–H groups in total. The number of aromatic nitrogens is 3. The zero-order chi connectivity index (χ0) is 26.9. The average Bonchev–Trinajstić information content (AvgIpc) is 3.21. The van der Waals surface area contributed by atoms with Crippen molar-refractivity contribution in [1.29, 1.82) is 0 Å². The third-order valence-corrected chi connectivity index (χ3v) is 6.47. The minimum absolute atomic E-state index is 0.264. The van der Waals surface area contributed by atoms with E-state index >= 15 is 0 Å². The van der Waals surface area contributed by atoms with E-state index in [0.717, 1.165) is 54.6 Å². The lowest BCUT2D eigenvalue weighted by Gasteiger charge is -2.09. The number of alkyl halides is 3. The Morgan fingerprint density at radius 2 is 1.82 bits per heavy atom. The molecule has 9 heteroatoms. The third kappa shape index (κ3) is 5.57. The number of hydrogen-bond acceptors (Lipinski definition) is 5. The van der Waals surface area contributed by atoms with Gasteiger partial charge in [-0.15, -0.1) is 13.2 Å². The lowest BCUT2D eigenvalue weighted by molar-refractivity contribution is -0.274. The van der Waals surface area contributed by atoms with E-state index in [1.807, 2.05) is 62.7 Å². The van der Waals surface area contributed by atoms with E-state index in [1.54, 1.807) is 23.0 Å². The van der Waals surface area contributed by atoms with Crippen LogP contribution in [-0.2, 0) is 13.5 Å². The average molecular weight is 533 g/mol. The number of fused-ring (bicyclic) bond motifs is 3. The Bertz CT molecular complexity index is 1670. The zero-order valence-corrected chi connectivity index (χ0v) is 21.5. The zero-order valence-electron chi connectivity index (χ0n) is 20.7. The van der Waals surface area contributed by atoms with Gasteiger partial charge < -0.3 is 4.74 Å². The fourth-order valence-electron chi connectivity index (χ4n) is 4.44. The molecule has 192 valence electrons. The fourth-order valence-corrected chi connectivity index (χ4v) is 4.65. The highest BCUT2D eigenvalue weighted by molar-refractivity contribution is 7.80. The third-order valence-electron chi connectivity index (χ3n) is 6.20. The molecule has 0 radical (unpaired) electrons. The second kappa shape index (κ2) is 10.3. The van der Waals surface area contributed by atoms with E-state index in [-0.39, 0.29) is 5.75 Å². The number of aliphatic imine (C=N–C) groups is 1. The van der Waals surface area contributed by atoms with Crippen molar-refractivity contribution < 1.29 is 17.9 Å². The molecule has 2 aromatic heterocycles. The van der Waals surface area contributed by atoms with Crippen molar-refractivity contribution in [3.8, 4) is 17.0 Å². The van der Waals surface area contributed by atoms with Crippen LogP contribution in [0.4, 0.5) is 13.2 Å². The molecule has 5 nitrogen and oxygen atoms in total. The number of benzene rings is 3. The van der Waals surface area contributed by atoms with Gasteiger partial charge in [0.15, 0.2) is 0 Å². The molecule has 38 heavy (non-hydrogen) atoms. The standard InChI is InChI=1S/C29H23F3N4OS/c1-18-4-3-13-34-26(18)15-23(38)17-33-16-19-5-11-24-21(14-19)8-12-25-27(24)35-36(2)28(25)20-6-9-22(10-7-20)37-29(30,31)32/h3-14,16H,15,17H2,1-2H3. The predicted octanol–water partition coefficient (Wildman–Crippen LogP) is 7.03. The van der Waals surface area contributed by atoms with Gasteiger partial charge in [-0.2, -0.15) is 5.10 Å². The Morgan fingerprint density at radius 1 is 1.05 bits per heavy atom. The van der Waals surface area contributed by atoms with Crippen molar-refractivity contribution in [2.24, 2.45) is 12.0 Å². The van der Waals surface area contributed by atoms with Gasteiger partial charge >= 0.3 is 6.36 Å². The molecular weight excluding hydrogens is 509 g/mol. The number of hydrogen-bond donors (Lipinski definition) is 0. The molecule has 0 atom stereocenters. The van der Waals surface area contributed by atoms with Crippen molar-refractivity contribution >= 4 is 45.0 Å². The van der Waals surface area contributed by atoms with Gasteiger partial charge in [-0.1, -0.05) is 36.5 Å². The quantitative estimate of drug-likeness (QED) is 0.167. The Morgan fingerprint density at radius 3 is 2.55 bits per heavy atom. The maximum atomic E-state index is 12.5. The molecule has 0 amide bonds. The summed E-state index contributed by atoms with van der Waals surface area (Å²) in [5, 5.41) is 7.59. The van der Waals surface area contributed by atoms with Crippen LogP contribution in [0.15, 0.2) is 77.9 Å². The molecule has 2 heterocycles. The van der Waals surface area contributed by atoms with Crippen LogP contribution in [0.1, 0.15) is 16.8 Å². The molecule has 0 aliphatic heterocycles. The summed E-state index contributed by atoms with van der Waals surface area (Å²) in [7, 11) is 1.82. The van der Waals surface area contributed by atoms with E-state index in [4.69, 9.17) is 17.3 Å². The fraction of sp³-hybridized carbons (Fsp3) is 0.172. The summed E-state index contributed by atoms with van der Waals surface area (Å²) in [6, 6.07) is 19.8. The summed E-state index contributed by atoms with van der Waals surface area (Å²) >= 11 is 5.50. The van der Waals surface area contributed by atoms with Gasteiger partial charge in [0, 0.05) is 52.8 Å². The van der Waals surface area contributed by atoms with Crippen molar-refractivity contribution in [2.45, 2.75) is 19.7 Å². The molecule has 0 fully saturated rings. The lowest BCUT2D eigenvalue weighted by Crippen LogP contribution is -2.16. The van der Waals surface area contributed by atoms with Crippen LogP contribution in [0, 0.1) is 6.92 Å².